The molecule has 3 fully saturated rings. The molecule has 0 radical (unpaired) electrons. The maximum absolute atomic E-state index is 15.0. The minimum Gasteiger partial charge on any atom is -0.483 e. The maximum atomic E-state index is 15.0. The van der Waals surface area contributed by atoms with Crippen molar-refractivity contribution in [1.82, 2.24) is 30.3 Å². The summed E-state index contributed by atoms with van der Waals surface area (Å²) in [5.74, 6) is -4.09. The summed E-state index contributed by atoms with van der Waals surface area (Å²) in [6.45, 7) is 2.43. The largest absolute Gasteiger partial charge is 0.483 e. The summed E-state index contributed by atoms with van der Waals surface area (Å²) in [5, 5.41) is 14.7. The van der Waals surface area contributed by atoms with E-state index in [0.717, 1.165) is 25.3 Å². The molecule has 16 heteroatoms. The standard InChI is InChI=1S/C32H39FN6O9/c1-2-47-32(46)38-15-13-37(14-16-38)31(45)22(9-10-27(41)42)36-29(43)23-17-25(28-20(33)7-4-8-21(28)35-23)48-18-26(40)39-12-11-24(39)30(44)34-19-5-3-6-19/h4,7-8,17,19,22,24H,2-3,5-6,9-16,18H2,1H3,(H,34,44)(H,36,43)(H,41,42). The molecule has 1 aromatic carbocycles. The number of benzene rings is 1. The van der Waals surface area contributed by atoms with Gasteiger partial charge in [0.2, 0.25) is 11.8 Å². The third-order valence-electron chi connectivity index (χ3n) is 8.79. The summed E-state index contributed by atoms with van der Waals surface area (Å²) in [5.41, 5.74) is -0.201. The molecule has 2 atom stereocenters. The van der Waals surface area contributed by atoms with Crippen molar-refractivity contribution in [1.29, 1.82) is 0 Å². The van der Waals surface area contributed by atoms with Gasteiger partial charge in [-0.25, -0.2) is 14.2 Å². The molecule has 0 spiro atoms. The highest BCUT2D eigenvalue weighted by molar-refractivity contribution is 5.99. The second-order valence-corrected chi connectivity index (χ2v) is 11.9. The van der Waals surface area contributed by atoms with Crippen LogP contribution >= 0.6 is 0 Å². The first-order valence-electron chi connectivity index (χ1n) is 16.1. The van der Waals surface area contributed by atoms with Gasteiger partial charge in [0.15, 0.2) is 6.61 Å². The first-order chi connectivity index (χ1) is 23.0. The van der Waals surface area contributed by atoms with Crippen LogP contribution in [0.1, 0.15) is 55.9 Å². The summed E-state index contributed by atoms with van der Waals surface area (Å²) < 4.78 is 25.7. The van der Waals surface area contributed by atoms with E-state index in [9.17, 15) is 38.3 Å². The lowest BCUT2D eigenvalue weighted by Crippen LogP contribution is -2.60. The Kier molecular flexibility index (Phi) is 10.9. The van der Waals surface area contributed by atoms with Gasteiger partial charge in [-0.1, -0.05) is 6.07 Å². The number of nitrogens with zero attached hydrogens (tertiary/aromatic N) is 4. The number of piperazine rings is 1. The number of aromatic nitrogens is 1. The normalized spacial score (nSPS) is 18.3. The highest BCUT2D eigenvalue weighted by Gasteiger charge is 2.39. The second kappa shape index (κ2) is 15.3. The molecule has 0 bridgehead atoms. The summed E-state index contributed by atoms with van der Waals surface area (Å²) in [6, 6.07) is 3.45. The summed E-state index contributed by atoms with van der Waals surface area (Å²) in [6.07, 6.45) is 2.26. The van der Waals surface area contributed by atoms with Crippen molar-refractivity contribution in [2.24, 2.45) is 0 Å². The molecular formula is C32H39FN6O9. The van der Waals surface area contributed by atoms with Crippen LogP contribution in [0.25, 0.3) is 10.9 Å². The zero-order valence-electron chi connectivity index (χ0n) is 26.6. The van der Waals surface area contributed by atoms with E-state index in [2.05, 4.69) is 15.6 Å². The Morgan fingerprint density at radius 1 is 1.04 bits per heavy atom. The zero-order valence-corrected chi connectivity index (χ0v) is 26.6. The topological polar surface area (TPSA) is 188 Å². The van der Waals surface area contributed by atoms with E-state index < -0.39 is 60.7 Å². The van der Waals surface area contributed by atoms with Crippen LogP contribution in [0.4, 0.5) is 9.18 Å². The second-order valence-electron chi connectivity index (χ2n) is 11.9. The van der Waals surface area contributed by atoms with Gasteiger partial charge in [-0.3, -0.25) is 24.0 Å². The molecule has 3 aliphatic rings. The SMILES string of the molecule is CCOC(=O)N1CCN(C(=O)C(CCC(=O)O)NC(=O)c2cc(OCC(=O)N3CCC3C(=O)NC3CCC3)c3c(F)cccc3n2)CC1. The van der Waals surface area contributed by atoms with Crippen LogP contribution in [0, 0.1) is 5.82 Å². The van der Waals surface area contributed by atoms with E-state index in [1.165, 1.54) is 32.9 Å². The van der Waals surface area contributed by atoms with Crippen molar-refractivity contribution < 1.29 is 47.7 Å². The average molecular weight is 671 g/mol. The Bertz CT molecular complexity index is 1580. The Hall–Kier alpha value is -5.02. The van der Waals surface area contributed by atoms with Gasteiger partial charge in [0.25, 0.3) is 11.8 Å². The monoisotopic (exact) mass is 670 g/mol. The van der Waals surface area contributed by atoms with Gasteiger partial charge in [-0.05, 0) is 51.2 Å². The summed E-state index contributed by atoms with van der Waals surface area (Å²) in [4.78, 5) is 84.5. The molecule has 48 heavy (non-hydrogen) atoms. The van der Waals surface area contributed by atoms with Crippen LogP contribution < -0.4 is 15.4 Å². The number of hydrogen-bond donors (Lipinski definition) is 3. The van der Waals surface area contributed by atoms with Crippen molar-refractivity contribution >= 4 is 46.6 Å². The third kappa shape index (κ3) is 7.91. The number of amides is 5. The van der Waals surface area contributed by atoms with Gasteiger partial charge in [-0.15, -0.1) is 0 Å². The number of rotatable bonds is 12. The van der Waals surface area contributed by atoms with Crippen LogP contribution in [0.15, 0.2) is 24.3 Å². The Morgan fingerprint density at radius 3 is 2.40 bits per heavy atom. The summed E-state index contributed by atoms with van der Waals surface area (Å²) >= 11 is 0. The van der Waals surface area contributed by atoms with Crippen LogP contribution in [0.3, 0.4) is 0 Å². The van der Waals surface area contributed by atoms with Gasteiger partial charge in [0.05, 0.1) is 17.5 Å². The predicted molar refractivity (Wildman–Crippen MR) is 166 cm³/mol. The maximum Gasteiger partial charge on any atom is 0.409 e. The van der Waals surface area contributed by atoms with E-state index in [4.69, 9.17) is 9.47 Å². The molecule has 1 aliphatic carbocycles. The number of ether oxygens (including phenoxy) is 2. The van der Waals surface area contributed by atoms with E-state index >= 15 is 0 Å². The number of pyridine rings is 1. The van der Waals surface area contributed by atoms with E-state index in [0.29, 0.717) is 13.0 Å². The van der Waals surface area contributed by atoms with E-state index in [1.54, 1.807) is 6.92 Å². The number of likely N-dealkylation sites (tertiary alicyclic amines) is 1. The Labute approximate surface area is 275 Å². The van der Waals surface area contributed by atoms with Crippen LogP contribution in [-0.4, -0.2) is 125 Å². The molecule has 5 amide bonds. The molecule has 5 rings (SSSR count). The number of carboxylic acid groups (broad SMARTS) is 1. The molecule has 15 nitrogen and oxygen atoms in total. The van der Waals surface area contributed by atoms with Crippen LogP contribution in [-0.2, 0) is 23.9 Å². The number of aliphatic carboxylic acids is 1. The molecule has 2 aromatic rings. The van der Waals surface area contributed by atoms with Crippen molar-refractivity contribution in [3.05, 3.63) is 35.8 Å². The number of carboxylic acids is 1. The molecule has 3 heterocycles. The number of halogens is 1. The zero-order chi connectivity index (χ0) is 34.4. The number of nitrogens with one attached hydrogen (secondary N) is 2. The lowest BCUT2D eigenvalue weighted by molar-refractivity contribution is -0.149. The van der Waals surface area contributed by atoms with Crippen LogP contribution in [0.5, 0.6) is 5.75 Å². The van der Waals surface area contributed by atoms with Crippen molar-refractivity contribution in [3.8, 4) is 5.75 Å². The molecule has 1 aromatic heterocycles. The molecule has 2 aliphatic heterocycles. The Morgan fingerprint density at radius 2 is 1.77 bits per heavy atom. The first-order valence-corrected chi connectivity index (χ1v) is 16.1. The van der Waals surface area contributed by atoms with E-state index in [-0.39, 0.29) is 73.5 Å². The van der Waals surface area contributed by atoms with Gasteiger partial charge in [-0.2, -0.15) is 0 Å². The van der Waals surface area contributed by atoms with Gasteiger partial charge in [0, 0.05) is 51.3 Å². The highest BCUT2D eigenvalue weighted by Crippen LogP contribution is 2.29. The summed E-state index contributed by atoms with van der Waals surface area (Å²) in [7, 11) is 0. The van der Waals surface area contributed by atoms with E-state index in [1.807, 2.05) is 0 Å². The predicted octanol–water partition coefficient (Wildman–Crippen LogP) is 1.29. The lowest BCUT2D eigenvalue weighted by atomic mass is 9.92. The molecule has 2 saturated heterocycles. The Balaban J connectivity index is 1.28. The molecular weight excluding hydrogens is 631 g/mol. The smallest absolute Gasteiger partial charge is 0.409 e. The lowest BCUT2D eigenvalue weighted by Gasteiger charge is -2.41. The van der Waals surface area contributed by atoms with Gasteiger partial charge >= 0.3 is 12.1 Å². The third-order valence-corrected chi connectivity index (χ3v) is 8.79. The minimum absolute atomic E-state index is 0.0512. The number of carbonyl (C=O) groups is 6. The number of carbonyl (C=O) groups excluding carboxylic acids is 5. The van der Waals surface area contributed by atoms with Crippen molar-refractivity contribution in [2.45, 2.75) is 63.6 Å². The molecule has 3 N–H and O–H groups in total. The molecule has 258 valence electrons. The van der Waals surface area contributed by atoms with Gasteiger partial charge in [0.1, 0.15) is 29.3 Å². The van der Waals surface area contributed by atoms with Gasteiger partial charge < -0.3 is 39.9 Å². The quantitative estimate of drug-likeness (QED) is 0.297. The van der Waals surface area contributed by atoms with Crippen molar-refractivity contribution in [2.75, 3.05) is 45.9 Å². The average Bonchev–Trinajstić information content (AvgIpc) is 3.02. The fourth-order valence-electron chi connectivity index (χ4n) is 5.77. The fraction of sp³-hybridized carbons (Fsp3) is 0.531. The fourth-order valence-corrected chi connectivity index (χ4v) is 5.77. The minimum atomic E-state index is -1.24. The first kappa shape index (κ1) is 34.3. The molecule has 2 unspecified atom stereocenters. The van der Waals surface area contributed by atoms with Crippen molar-refractivity contribution in [3.63, 3.8) is 0 Å². The number of hydrogen-bond acceptors (Lipinski definition) is 9. The number of fused-ring (bicyclic) bond motifs is 1. The van der Waals surface area contributed by atoms with Crippen LogP contribution in [0.2, 0.25) is 0 Å². The molecule has 1 saturated carbocycles. The highest BCUT2D eigenvalue weighted by atomic mass is 19.1.